The van der Waals surface area contributed by atoms with Crippen molar-refractivity contribution in [2.24, 2.45) is 0 Å². The highest BCUT2D eigenvalue weighted by Gasteiger charge is 1.88. The van der Waals surface area contributed by atoms with Crippen molar-refractivity contribution in [1.82, 2.24) is 0 Å². The summed E-state index contributed by atoms with van der Waals surface area (Å²) in [5.41, 5.74) is 0. The van der Waals surface area contributed by atoms with Crippen LogP contribution in [0.3, 0.4) is 0 Å². The predicted octanol–water partition coefficient (Wildman–Crippen LogP) is 2.81. The maximum absolute atomic E-state index is 4.89. The molecule has 0 amide bonds. The Morgan fingerprint density at radius 3 is 2.60 bits per heavy atom. The molecule has 0 aromatic rings. The zero-order chi connectivity index (χ0) is 7.66. The Balaban J connectivity index is 2.65. The fraction of sp³-hybridized carbons (Fsp3) is 0.889. The summed E-state index contributed by atoms with van der Waals surface area (Å²) < 4.78 is 4.89. The summed E-state index contributed by atoms with van der Waals surface area (Å²) in [7, 11) is 1.74. The summed E-state index contributed by atoms with van der Waals surface area (Å²) >= 11 is 0. The molecule has 1 radical (unpaired) electrons. The Morgan fingerprint density at radius 1 is 1.20 bits per heavy atom. The number of methoxy groups -OCH3 is 1. The van der Waals surface area contributed by atoms with E-state index in [1.54, 1.807) is 7.11 Å². The molecule has 0 saturated carbocycles. The Bertz CT molecular complexity index is 44.7. The molecule has 0 aliphatic carbocycles. The van der Waals surface area contributed by atoms with Gasteiger partial charge in [-0.1, -0.05) is 32.6 Å². The monoisotopic (exact) mass is 143 g/mol. The molecule has 61 valence electrons. The quantitative estimate of drug-likeness (QED) is 0.498. The second kappa shape index (κ2) is 8.96. The van der Waals surface area contributed by atoms with E-state index in [0.29, 0.717) is 0 Å². The molecule has 1 heteroatoms. The van der Waals surface area contributed by atoms with E-state index >= 15 is 0 Å². The molecule has 0 aromatic heterocycles. The van der Waals surface area contributed by atoms with Crippen molar-refractivity contribution in [3.05, 3.63) is 6.42 Å². The molecule has 1 nitrogen and oxygen atoms in total. The number of hydrogen-bond donors (Lipinski definition) is 0. The minimum absolute atomic E-state index is 0.812. The van der Waals surface area contributed by atoms with Gasteiger partial charge in [0.25, 0.3) is 0 Å². The molecule has 0 unspecified atom stereocenters. The average molecular weight is 143 g/mol. The largest absolute Gasteiger partial charge is 0.384 e. The van der Waals surface area contributed by atoms with Crippen LogP contribution in [0, 0.1) is 6.42 Å². The van der Waals surface area contributed by atoms with Crippen molar-refractivity contribution in [2.45, 2.75) is 39.0 Å². The third kappa shape index (κ3) is 7.96. The van der Waals surface area contributed by atoms with E-state index in [0.717, 1.165) is 6.61 Å². The van der Waals surface area contributed by atoms with Crippen molar-refractivity contribution in [3.8, 4) is 0 Å². The van der Waals surface area contributed by atoms with Crippen LogP contribution >= 0.6 is 0 Å². The lowest BCUT2D eigenvalue weighted by atomic mass is 10.1. The van der Waals surface area contributed by atoms with E-state index < -0.39 is 0 Å². The summed E-state index contributed by atoms with van der Waals surface area (Å²) in [6.07, 6.45) is 8.82. The smallest absolute Gasteiger partial charge is 0.0493 e. The van der Waals surface area contributed by atoms with Crippen LogP contribution in [0.2, 0.25) is 0 Å². The van der Waals surface area contributed by atoms with Crippen molar-refractivity contribution >= 4 is 0 Å². The van der Waals surface area contributed by atoms with E-state index in [-0.39, 0.29) is 0 Å². The maximum Gasteiger partial charge on any atom is 0.0493 e. The van der Waals surface area contributed by atoms with Crippen LogP contribution in [0.15, 0.2) is 0 Å². The van der Waals surface area contributed by atoms with Crippen LogP contribution < -0.4 is 0 Å². The topological polar surface area (TPSA) is 9.23 Å². The third-order valence-electron chi connectivity index (χ3n) is 1.55. The van der Waals surface area contributed by atoms with E-state index in [1.165, 1.54) is 32.1 Å². The second-order valence-electron chi connectivity index (χ2n) is 2.59. The lowest BCUT2D eigenvalue weighted by molar-refractivity contribution is 0.220. The average Bonchev–Trinajstić information content (AvgIpc) is 1.97. The molecular weight excluding hydrogens is 124 g/mol. The standard InChI is InChI=1S/C9H19O/c1-3-4-5-6-7-8-9-10-2/h8H,3-7,9H2,1-2H3. The van der Waals surface area contributed by atoms with Gasteiger partial charge in [0.15, 0.2) is 0 Å². The van der Waals surface area contributed by atoms with Gasteiger partial charge >= 0.3 is 0 Å². The maximum atomic E-state index is 4.89. The van der Waals surface area contributed by atoms with E-state index in [1.807, 2.05) is 0 Å². The Labute approximate surface area is 64.8 Å². The highest BCUT2D eigenvalue weighted by atomic mass is 16.5. The molecule has 0 bridgehead atoms. The lowest BCUT2D eigenvalue weighted by Crippen LogP contribution is -1.88. The molecule has 0 rings (SSSR count). The van der Waals surface area contributed by atoms with Gasteiger partial charge in [0.05, 0.1) is 0 Å². The molecule has 0 fully saturated rings. The van der Waals surface area contributed by atoms with Gasteiger partial charge in [-0.25, -0.2) is 0 Å². The highest BCUT2D eigenvalue weighted by molar-refractivity contribution is 4.62. The third-order valence-corrected chi connectivity index (χ3v) is 1.55. The molecular formula is C9H19O. The number of ether oxygens (including phenoxy) is 1. The van der Waals surface area contributed by atoms with Crippen molar-refractivity contribution in [2.75, 3.05) is 13.7 Å². The normalized spacial score (nSPS) is 10.2. The SMILES string of the molecule is CCCCCC[CH]COC. The van der Waals surface area contributed by atoms with Gasteiger partial charge in [-0.2, -0.15) is 0 Å². The van der Waals surface area contributed by atoms with E-state index in [4.69, 9.17) is 4.74 Å². The van der Waals surface area contributed by atoms with Crippen molar-refractivity contribution in [1.29, 1.82) is 0 Å². The first-order chi connectivity index (χ1) is 4.91. The molecule has 0 aromatic carbocycles. The number of hydrogen-bond acceptors (Lipinski definition) is 1. The Morgan fingerprint density at radius 2 is 2.00 bits per heavy atom. The van der Waals surface area contributed by atoms with Crippen LogP contribution in [0.25, 0.3) is 0 Å². The van der Waals surface area contributed by atoms with Crippen LogP contribution in [0.4, 0.5) is 0 Å². The Hall–Kier alpha value is -0.0400. The van der Waals surface area contributed by atoms with Gasteiger partial charge in [-0.3, -0.25) is 0 Å². The zero-order valence-electron chi connectivity index (χ0n) is 7.23. The first kappa shape index (κ1) is 9.96. The summed E-state index contributed by atoms with van der Waals surface area (Å²) in [6.45, 7) is 3.05. The second-order valence-corrected chi connectivity index (χ2v) is 2.59. The van der Waals surface area contributed by atoms with Gasteiger partial charge in [0, 0.05) is 13.7 Å². The van der Waals surface area contributed by atoms with Gasteiger partial charge in [0.1, 0.15) is 0 Å². The molecule has 0 saturated heterocycles. The van der Waals surface area contributed by atoms with Gasteiger partial charge in [-0.05, 0) is 12.8 Å². The summed E-state index contributed by atoms with van der Waals surface area (Å²) in [5.74, 6) is 0. The van der Waals surface area contributed by atoms with Crippen LogP contribution in [0.1, 0.15) is 39.0 Å². The molecule has 0 aliphatic rings. The minimum Gasteiger partial charge on any atom is -0.384 e. The Kier molecular flexibility index (Phi) is 8.92. The lowest BCUT2D eigenvalue weighted by Gasteiger charge is -1.98. The first-order valence-electron chi connectivity index (χ1n) is 4.22. The first-order valence-corrected chi connectivity index (χ1v) is 4.22. The van der Waals surface area contributed by atoms with Crippen LogP contribution in [-0.2, 0) is 4.74 Å². The molecule has 0 heterocycles. The number of rotatable bonds is 7. The van der Waals surface area contributed by atoms with E-state index in [2.05, 4.69) is 13.3 Å². The van der Waals surface area contributed by atoms with Crippen molar-refractivity contribution < 1.29 is 4.74 Å². The summed E-state index contributed by atoms with van der Waals surface area (Å²) in [5, 5.41) is 0. The molecule has 0 aliphatic heterocycles. The van der Waals surface area contributed by atoms with Crippen LogP contribution in [-0.4, -0.2) is 13.7 Å². The van der Waals surface area contributed by atoms with Gasteiger partial charge < -0.3 is 4.74 Å². The summed E-state index contributed by atoms with van der Waals surface area (Å²) in [6, 6.07) is 0. The molecule has 0 atom stereocenters. The summed E-state index contributed by atoms with van der Waals surface area (Å²) in [4.78, 5) is 0. The van der Waals surface area contributed by atoms with Crippen LogP contribution in [0.5, 0.6) is 0 Å². The van der Waals surface area contributed by atoms with Gasteiger partial charge in [0.2, 0.25) is 0 Å². The zero-order valence-corrected chi connectivity index (χ0v) is 7.23. The van der Waals surface area contributed by atoms with Gasteiger partial charge in [-0.15, -0.1) is 0 Å². The highest BCUT2D eigenvalue weighted by Crippen LogP contribution is 2.03. The molecule has 0 spiro atoms. The fourth-order valence-corrected chi connectivity index (χ4v) is 0.917. The fourth-order valence-electron chi connectivity index (χ4n) is 0.917. The molecule has 0 N–H and O–H groups in total. The predicted molar refractivity (Wildman–Crippen MR) is 44.9 cm³/mol. The van der Waals surface area contributed by atoms with Crippen molar-refractivity contribution in [3.63, 3.8) is 0 Å². The number of unbranched alkanes of at least 4 members (excludes halogenated alkanes) is 5. The van der Waals surface area contributed by atoms with E-state index in [9.17, 15) is 0 Å². The molecule has 10 heavy (non-hydrogen) atoms. The minimum atomic E-state index is 0.812.